The summed E-state index contributed by atoms with van der Waals surface area (Å²) in [6.45, 7) is 3.91. The Bertz CT molecular complexity index is 493. The molecule has 0 aliphatic rings. The van der Waals surface area contributed by atoms with Gasteiger partial charge in [-0.05, 0) is 37.6 Å². The standard InChI is InChI=1S/C12H18NO5P/c1-3-17-19(16,18-4-2)8-10-7-9(12(14)15)5-6-11(10)13/h5-7H,3-4,8,13H2,1-2H3,(H,14,15). The van der Waals surface area contributed by atoms with Crippen LogP contribution in [-0.4, -0.2) is 24.3 Å². The highest BCUT2D eigenvalue weighted by atomic mass is 31.2. The average molecular weight is 287 g/mol. The van der Waals surface area contributed by atoms with Gasteiger partial charge >= 0.3 is 13.6 Å². The molecule has 1 aromatic rings. The Labute approximate surface area is 112 Å². The highest BCUT2D eigenvalue weighted by Crippen LogP contribution is 2.52. The Kier molecular flexibility index (Phi) is 5.54. The first-order valence-corrected chi connectivity index (χ1v) is 7.64. The molecule has 0 aliphatic carbocycles. The number of nitrogens with two attached hydrogens (primary N) is 1. The van der Waals surface area contributed by atoms with E-state index in [0.29, 0.717) is 11.3 Å². The van der Waals surface area contributed by atoms with Crippen molar-refractivity contribution in [1.82, 2.24) is 0 Å². The molecule has 106 valence electrons. The lowest BCUT2D eigenvalue weighted by molar-refractivity contribution is 0.0696. The van der Waals surface area contributed by atoms with Crippen LogP contribution in [0.2, 0.25) is 0 Å². The summed E-state index contributed by atoms with van der Waals surface area (Å²) >= 11 is 0. The SMILES string of the molecule is CCOP(=O)(Cc1cc(C(=O)O)ccc1N)OCC. The normalized spacial score (nSPS) is 11.5. The highest BCUT2D eigenvalue weighted by molar-refractivity contribution is 7.53. The summed E-state index contributed by atoms with van der Waals surface area (Å²) in [6.07, 6.45) is -0.0400. The van der Waals surface area contributed by atoms with Crippen molar-refractivity contribution in [2.45, 2.75) is 20.0 Å². The number of benzene rings is 1. The van der Waals surface area contributed by atoms with E-state index in [2.05, 4.69) is 0 Å². The molecular weight excluding hydrogens is 269 g/mol. The molecule has 1 rings (SSSR count). The van der Waals surface area contributed by atoms with Gasteiger partial charge in [0, 0.05) is 5.69 Å². The van der Waals surface area contributed by atoms with Crippen LogP contribution >= 0.6 is 7.60 Å². The van der Waals surface area contributed by atoms with Crippen LogP contribution in [0.3, 0.4) is 0 Å². The topological polar surface area (TPSA) is 98.9 Å². The smallest absolute Gasteiger partial charge is 0.335 e. The maximum Gasteiger partial charge on any atom is 0.335 e. The maximum atomic E-state index is 12.4. The molecule has 0 fully saturated rings. The third-order valence-corrected chi connectivity index (χ3v) is 4.44. The second-order valence-corrected chi connectivity index (χ2v) is 5.88. The summed E-state index contributed by atoms with van der Waals surface area (Å²) < 4.78 is 22.7. The van der Waals surface area contributed by atoms with E-state index in [9.17, 15) is 9.36 Å². The molecule has 0 saturated carbocycles. The van der Waals surface area contributed by atoms with E-state index in [1.807, 2.05) is 0 Å². The van der Waals surface area contributed by atoms with E-state index in [4.69, 9.17) is 19.9 Å². The Morgan fingerprint density at radius 3 is 2.37 bits per heavy atom. The summed E-state index contributed by atoms with van der Waals surface area (Å²) in [6, 6.07) is 4.26. The number of carboxylic acids is 1. The van der Waals surface area contributed by atoms with Gasteiger partial charge in [0.15, 0.2) is 0 Å². The summed E-state index contributed by atoms with van der Waals surface area (Å²) in [5, 5.41) is 8.93. The fraction of sp³-hybridized carbons (Fsp3) is 0.417. The molecule has 0 aromatic heterocycles. The second kappa shape index (κ2) is 6.70. The molecule has 19 heavy (non-hydrogen) atoms. The number of rotatable bonds is 7. The minimum Gasteiger partial charge on any atom is -0.478 e. The lowest BCUT2D eigenvalue weighted by atomic mass is 10.1. The molecule has 7 heteroatoms. The van der Waals surface area contributed by atoms with Crippen molar-refractivity contribution in [3.63, 3.8) is 0 Å². The fourth-order valence-corrected chi connectivity index (χ4v) is 3.34. The fourth-order valence-electron chi connectivity index (χ4n) is 1.61. The first-order chi connectivity index (χ1) is 8.91. The van der Waals surface area contributed by atoms with Gasteiger partial charge in [0.25, 0.3) is 0 Å². The van der Waals surface area contributed by atoms with E-state index >= 15 is 0 Å². The van der Waals surface area contributed by atoms with E-state index in [1.165, 1.54) is 18.2 Å². The van der Waals surface area contributed by atoms with Crippen molar-refractivity contribution < 1.29 is 23.5 Å². The van der Waals surface area contributed by atoms with Crippen LogP contribution in [0.25, 0.3) is 0 Å². The van der Waals surface area contributed by atoms with Crippen molar-refractivity contribution in [2.75, 3.05) is 18.9 Å². The predicted octanol–water partition coefficient (Wildman–Crippen LogP) is 2.73. The number of aromatic carboxylic acids is 1. The summed E-state index contributed by atoms with van der Waals surface area (Å²) in [5.74, 6) is -1.07. The maximum absolute atomic E-state index is 12.4. The molecule has 0 unspecified atom stereocenters. The van der Waals surface area contributed by atoms with E-state index in [0.717, 1.165) is 0 Å². The highest BCUT2D eigenvalue weighted by Gasteiger charge is 2.25. The minimum absolute atomic E-state index is 0.0400. The molecule has 0 saturated heterocycles. The van der Waals surface area contributed by atoms with Crippen LogP contribution < -0.4 is 5.73 Å². The average Bonchev–Trinajstić information content (AvgIpc) is 2.32. The van der Waals surface area contributed by atoms with Crippen molar-refractivity contribution in [3.8, 4) is 0 Å². The lowest BCUT2D eigenvalue weighted by Crippen LogP contribution is -2.04. The first-order valence-electron chi connectivity index (χ1n) is 5.91. The van der Waals surface area contributed by atoms with Crippen LogP contribution in [0.15, 0.2) is 18.2 Å². The molecular formula is C12H18NO5P. The van der Waals surface area contributed by atoms with Gasteiger partial charge < -0.3 is 19.9 Å². The number of carboxylic acid groups (broad SMARTS) is 1. The molecule has 6 nitrogen and oxygen atoms in total. The van der Waals surface area contributed by atoms with Crippen LogP contribution in [0, 0.1) is 0 Å². The molecule has 3 N–H and O–H groups in total. The van der Waals surface area contributed by atoms with Crippen molar-refractivity contribution in [1.29, 1.82) is 0 Å². The number of carbonyl (C=O) groups is 1. The molecule has 0 spiro atoms. The van der Waals surface area contributed by atoms with Gasteiger partial charge in [-0.25, -0.2) is 4.79 Å². The van der Waals surface area contributed by atoms with Crippen LogP contribution in [-0.2, 0) is 19.8 Å². The van der Waals surface area contributed by atoms with Crippen molar-refractivity contribution >= 4 is 19.3 Å². The molecule has 0 heterocycles. The molecule has 0 radical (unpaired) electrons. The first kappa shape index (κ1) is 15.7. The number of hydrogen-bond acceptors (Lipinski definition) is 5. The largest absolute Gasteiger partial charge is 0.478 e. The van der Waals surface area contributed by atoms with E-state index in [-0.39, 0.29) is 24.9 Å². The van der Waals surface area contributed by atoms with Crippen molar-refractivity contribution in [3.05, 3.63) is 29.3 Å². The van der Waals surface area contributed by atoms with Gasteiger partial charge in [-0.1, -0.05) is 0 Å². The minimum atomic E-state index is -3.29. The Balaban J connectivity index is 3.05. The quantitative estimate of drug-likeness (QED) is 0.591. The number of hydrogen-bond donors (Lipinski definition) is 2. The third-order valence-electron chi connectivity index (χ3n) is 2.41. The van der Waals surface area contributed by atoms with Crippen molar-refractivity contribution in [2.24, 2.45) is 0 Å². The zero-order valence-corrected chi connectivity index (χ0v) is 11.9. The predicted molar refractivity (Wildman–Crippen MR) is 72.4 cm³/mol. The van der Waals surface area contributed by atoms with E-state index < -0.39 is 13.6 Å². The third kappa shape index (κ3) is 4.35. The Hall–Kier alpha value is -1.36. The van der Waals surface area contributed by atoms with Crippen LogP contribution in [0.1, 0.15) is 29.8 Å². The van der Waals surface area contributed by atoms with E-state index in [1.54, 1.807) is 13.8 Å². The lowest BCUT2D eigenvalue weighted by Gasteiger charge is -2.18. The molecule has 1 aromatic carbocycles. The zero-order valence-electron chi connectivity index (χ0n) is 11.0. The van der Waals surface area contributed by atoms with Gasteiger partial charge in [0.2, 0.25) is 0 Å². The number of nitrogen functional groups attached to an aromatic ring is 1. The summed E-state index contributed by atoms with van der Waals surface area (Å²) in [5.41, 5.74) is 6.67. The van der Waals surface area contributed by atoms with Crippen LogP contribution in [0.4, 0.5) is 5.69 Å². The van der Waals surface area contributed by atoms with Gasteiger partial charge in [-0.2, -0.15) is 0 Å². The Morgan fingerprint density at radius 2 is 1.89 bits per heavy atom. The number of anilines is 1. The van der Waals surface area contributed by atoms with Gasteiger partial charge in [-0.3, -0.25) is 4.57 Å². The molecule has 0 atom stereocenters. The Morgan fingerprint density at radius 1 is 1.32 bits per heavy atom. The zero-order chi connectivity index (χ0) is 14.5. The molecule has 0 bridgehead atoms. The van der Waals surface area contributed by atoms with Gasteiger partial charge in [-0.15, -0.1) is 0 Å². The summed E-state index contributed by atoms with van der Waals surface area (Å²) in [4.78, 5) is 10.9. The monoisotopic (exact) mass is 287 g/mol. The second-order valence-electron chi connectivity index (χ2n) is 3.82. The summed E-state index contributed by atoms with van der Waals surface area (Å²) in [7, 11) is -3.29. The van der Waals surface area contributed by atoms with Gasteiger partial charge in [0.1, 0.15) is 0 Å². The molecule has 0 amide bonds. The van der Waals surface area contributed by atoms with Crippen LogP contribution in [0.5, 0.6) is 0 Å². The van der Waals surface area contributed by atoms with Gasteiger partial charge in [0.05, 0.1) is 24.9 Å². The molecule has 0 aliphatic heterocycles.